The first kappa shape index (κ1) is 21.2. The van der Waals surface area contributed by atoms with Crippen molar-refractivity contribution in [3.8, 4) is 11.5 Å². The molecule has 1 heterocycles. The number of H-pyrrole nitrogens is 1. The lowest BCUT2D eigenvalue weighted by Gasteiger charge is -2.16. The zero-order chi connectivity index (χ0) is 21.6. The van der Waals surface area contributed by atoms with Crippen molar-refractivity contribution in [3.63, 3.8) is 0 Å². The second-order valence-electron chi connectivity index (χ2n) is 7.26. The molecule has 31 heavy (non-hydrogen) atoms. The molecule has 0 aliphatic rings. The van der Waals surface area contributed by atoms with Crippen molar-refractivity contribution in [1.29, 1.82) is 0 Å². The zero-order valence-electron chi connectivity index (χ0n) is 17.3. The fraction of sp³-hybridized carbons (Fsp3) is 0.200. The Kier molecular flexibility index (Phi) is 6.75. The molecule has 4 nitrogen and oxygen atoms in total. The van der Waals surface area contributed by atoms with Gasteiger partial charge in [-0.1, -0.05) is 48.0 Å². The Morgan fingerprint density at radius 1 is 1.00 bits per heavy atom. The van der Waals surface area contributed by atoms with Gasteiger partial charge in [0.1, 0.15) is 12.4 Å². The number of rotatable bonds is 9. The Labute approximate surface area is 186 Å². The Hall–Kier alpha value is -3.02. The summed E-state index contributed by atoms with van der Waals surface area (Å²) < 4.78 is 24.8. The van der Waals surface area contributed by atoms with E-state index >= 15 is 0 Å². The van der Waals surface area contributed by atoms with Crippen LogP contribution in [0.4, 0.5) is 4.39 Å². The molecule has 0 saturated carbocycles. The fourth-order valence-corrected chi connectivity index (χ4v) is 3.82. The molecule has 4 rings (SSSR count). The van der Waals surface area contributed by atoms with Crippen LogP contribution in [-0.2, 0) is 19.6 Å². The van der Waals surface area contributed by atoms with Gasteiger partial charge in [-0.25, -0.2) is 4.39 Å². The molecule has 1 aromatic heterocycles. The molecule has 0 spiro atoms. The topological polar surface area (TPSA) is 46.3 Å². The maximum absolute atomic E-state index is 13.3. The molecule has 0 saturated heterocycles. The van der Waals surface area contributed by atoms with Gasteiger partial charge in [-0.15, -0.1) is 0 Å². The van der Waals surface area contributed by atoms with Crippen LogP contribution in [0.25, 0.3) is 10.9 Å². The predicted molar refractivity (Wildman–Crippen MR) is 122 cm³/mol. The molecule has 160 valence electrons. The van der Waals surface area contributed by atoms with E-state index in [9.17, 15) is 4.39 Å². The standard InChI is InChI=1S/C25H24ClFN2O2/c1-30-24-8-4-5-18(25(24)31-16-19-9-10-20(27)13-22(19)26)14-28-12-11-17-15-29-23-7-3-2-6-21(17)23/h2-10,13,15,28-29H,11-12,14,16H2,1H3. The summed E-state index contributed by atoms with van der Waals surface area (Å²) in [5.74, 6) is 0.935. The van der Waals surface area contributed by atoms with E-state index in [-0.39, 0.29) is 12.4 Å². The number of nitrogens with one attached hydrogen (secondary N) is 2. The van der Waals surface area contributed by atoms with Gasteiger partial charge in [-0.3, -0.25) is 0 Å². The molecular formula is C25H24ClFN2O2. The number of ether oxygens (including phenoxy) is 2. The van der Waals surface area contributed by atoms with Gasteiger partial charge in [-0.05, 0) is 42.8 Å². The summed E-state index contributed by atoms with van der Waals surface area (Å²) in [4.78, 5) is 3.31. The number of methoxy groups -OCH3 is 1. The molecule has 0 amide bonds. The number of aromatic nitrogens is 1. The molecule has 0 bridgehead atoms. The van der Waals surface area contributed by atoms with Crippen molar-refractivity contribution in [2.45, 2.75) is 19.6 Å². The van der Waals surface area contributed by atoms with E-state index in [4.69, 9.17) is 21.1 Å². The van der Waals surface area contributed by atoms with Gasteiger partial charge in [0.2, 0.25) is 0 Å². The van der Waals surface area contributed by atoms with Crippen LogP contribution in [-0.4, -0.2) is 18.6 Å². The largest absolute Gasteiger partial charge is 0.493 e. The van der Waals surface area contributed by atoms with E-state index < -0.39 is 0 Å². The summed E-state index contributed by atoms with van der Waals surface area (Å²) in [5.41, 5.74) is 4.14. The second-order valence-corrected chi connectivity index (χ2v) is 7.67. The summed E-state index contributed by atoms with van der Waals surface area (Å²) in [7, 11) is 1.61. The molecule has 0 atom stereocenters. The SMILES string of the molecule is COc1cccc(CNCCc2c[nH]c3ccccc23)c1OCc1ccc(F)cc1Cl. The van der Waals surface area contributed by atoms with Crippen LogP contribution in [0.1, 0.15) is 16.7 Å². The first-order chi connectivity index (χ1) is 15.2. The molecule has 0 aliphatic carbocycles. The smallest absolute Gasteiger partial charge is 0.166 e. The Morgan fingerprint density at radius 2 is 1.87 bits per heavy atom. The van der Waals surface area contributed by atoms with Crippen LogP contribution < -0.4 is 14.8 Å². The highest BCUT2D eigenvalue weighted by Crippen LogP contribution is 2.32. The number of benzene rings is 3. The summed E-state index contributed by atoms with van der Waals surface area (Å²) in [6, 6.07) is 18.4. The molecule has 6 heteroatoms. The molecule has 3 aromatic carbocycles. The Balaban J connectivity index is 1.40. The number of halogens is 2. The number of aromatic amines is 1. The van der Waals surface area contributed by atoms with Gasteiger partial charge in [-0.2, -0.15) is 0 Å². The fourth-order valence-electron chi connectivity index (χ4n) is 3.60. The van der Waals surface area contributed by atoms with Gasteiger partial charge in [0, 0.05) is 34.8 Å². The molecular weight excluding hydrogens is 415 g/mol. The summed E-state index contributed by atoms with van der Waals surface area (Å²) in [6.07, 6.45) is 2.98. The minimum atomic E-state index is -0.369. The highest BCUT2D eigenvalue weighted by molar-refractivity contribution is 6.31. The quantitative estimate of drug-likeness (QED) is 0.321. The summed E-state index contributed by atoms with van der Waals surface area (Å²) in [6.45, 7) is 1.68. The molecule has 0 fully saturated rings. The number of hydrogen-bond acceptors (Lipinski definition) is 3. The summed E-state index contributed by atoms with van der Waals surface area (Å²) >= 11 is 6.14. The molecule has 4 aromatic rings. The lowest BCUT2D eigenvalue weighted by Crippen LogP contribution is -2.17. The first-order valence-electron chi connectivity index (χ1n) is 10.1. The van der Waals surface area contributed by atoms with E-state index in [0.29, 0.717) is 28.6 Å². The van der Waals surface area contributed by atoms with Crippen LogP contribution in [0.5, 0.6) is 11.5 Å². The van der Waals surface area contributed by atoms with Gasteiger partial charge < -0.3 is 19.8 Å². The van der Waals surface area contributed by atoms with Crippen LogP contribution in [0, 0.1) is 5.82 Å². The van der Waals surface area contributed by atoms with Gasteiger partial charge in [0.15, 0.2) is 11.5 Å². The van der Waals surface area contributed by atoms with E-state index in [1.807, 2.05) is 24.3 Å². The first-order valence-corrected chi connectivity index (χ1v) is 10.5. The van der Waals surface area contributed by atoms with Crippen LogP contribution in [0.2, 0.25) is 5.02 Å². The maximum Gasteiger partial charge on any atom is 0.166 e. The Morgan fingerprint density at radius 3 is 2.71 bits per heavy atom. The Bertz CT molecular complexity index is 1180. The third kappa shape index (κ3) is 5.01. The maximum atomic E-state index is 13.3. The normalized spacial score (nSPS) is 11.1. The van der Waals surface area contributed by atoms with E-state index in [2.05, 4.69) is 34.7 Å². The predicted octanol–water partition coefficient (Wildman–Crippen LogP) is 5.88. The van der Waals surface area contributed by atoms with Crippen molar-refractivity contribution >= 4 is 22.5 Å². The van der Waals surface area contributed by atoms with Crippen molar-refractivity contribution in [1.82, 2.24) is 10.3 Å². The average Bonchev–Trinajstić information content (AvgIpc) is 3.19. The third-order valence-electron chi connectivity index (χ3n) is 5.23. The summed E-state index contributed by atoms with van der Waals surface area (Å²) in [5, 5.41) is 5.08. The lowest BCUT2D eigenvalue weighted by atomic mass is 10.1. The highest BCUT2D eigenvalue weighted by atomic mass is 35.5. The second kappa shape index (κ2) is 9.86. The van der Waals surface area contributed by atoms with Crippen LogP contribution >= 0.6 is 11.6 Å². The highest BCUT2D eigenvalue weighted by Gasteiger charge is 2.12. The minimum Gasteiger partial charge on any atom is -0.493 e. The van der Waals surface area contributed by atoms with Gasteiger partial charge >= 0.3 is 0 Å². The molecule has 0 radical (unpaired) electrons. The minimum absolute atomic E-state index is 0.224. The van der Waals surface area contributed by atoms with Crippen LogP contribution in [0.15, 0.2) is 66.9 Å². The third-order valence-corrected chi connectivity index (χ3v) is 5.58. The van der Waals surface area contributed by atoms with Crippen LogP contribution in [0.3, 0.4) is 0 Å². The number of hydrogen-bond donors (Lipinski definition) is 2. The van der Waals surface area contributed by atoms with Crippen molar-refractivity contribution in [2.75, 3.05) is 13.7 Å². The van der Waals surface area contributed by atoms with E-state index in [1.54, 1.807) is 13.2 Å². The number of para-hydroxylation sites is 2. The molecule has 0 unspecified atom stereocenters. The van der Waals surface area contributed by atoms with Crippen molar-refractivity contribution in [3.05, 3.63) is 94.4 Å². The van der Waals surface area contributed by atoms with Gasteiger partial charge in [0.05, 0.1) is 12.1 Å². The van der Waals surface area contributed by atoms with Crippen molar-refractivity contribution < 1.29 is 13.9 Å². The number of fused-ring (bicyclic) bond motifs is 1. The molecule has 2 N–H and O–H groups in total. The monoisotopic (exact) mass is 438 g/mol. The molecule has 0 aliphatic heterocycles. The van der Waals surface area contributed by atoms with Crippen molar-refractivity contribution in [2.24, 2.45) is 0 Å². The zero-order valence-corrected chi connectivity index (χ0v) is 18.0. The lowest BCUT2D eigenvalue weighted by molar-refractivity contribution is 0.280. The van der Waals surface area contributed by atoms with E-state index in [1.165, 1.54) is 23.1 Å². The average molecular weight is 439 g/mol. The van der Waals surface area contributed by atoms with Gasteiger partial charge in [0.25, 0.3) is 0 Å². The van der Waals surface area contributed by atoms with E-state index in [0.717, 1.165) is 24.0 Å².